The van der Waals surface area contributed by atoms with E-state index in [-0.39, 0.29) is 17.4 Å². The number of likely N-dealkylation sites (N-methyl/N-ethyl adjacent to an activating group) is 1. The molecule has 0 aliphatic heterocycles. The number of benzene rings is 1. The number of hydrogen-bond acceptors (Lipinski definition) is 2. The largest absolute Gasteiger partial charge is 0.336 e. The van der Waals surface area contributed by atoms with Gasteiger partial charge in [0.1, 0.15) is 5.82 Å². The van der Waals surface area contributed by atoms with Crippen LogP contribution in [0.3, 0.4) is 0 Å². The van der Waals surface area contributed by atoms with Crippen LogP contribution < -0.4 is 10.6 Å². The van der Waals surface area contributed by atoms with Crippen LogP contribution >= 0.6 is 0 Å². The second-order valence-corrected chi connectivity index (χ2v) is 5.02. The van der Waals surface area contributed by atoms with Gasteiger partial charge in [-0.1, -0.05) is 0 Å². The Bertz CT molecular complexity index is 401. The summed E-state index contributed by atoms with van der Waals surface area (Å²) in [5.74, 6) is -0.324. The molecule has 0 atom stereocenters. The van der Waals surface area contributed by atoms with E-state index < -0.39 is 0 Å². The molecule has 2 amide bonds. The Morgan fingerprint density at radius 2 is 1.83 bits per heavy atom. The van der Waals surface area contributed by atoms with Crippen LogP contribution in [0.15, 0.2) is 24.3 Å². The Balaban J connectivity index is 2.45. The van der Waals surface area contributed by atoms with Gasteiger partial charge in [0.25, 0.3) is 0 Å². The maximum Gasteiger partial charge on any atom is 0.319 e. The van der Waals surface area contributed by atoms with Gasteiger partial charge >= 0.3 is 6.03 Å². The maximum absolute atomic E-state index is 12.7. The van der Waals surface area contributed by atoms with Gasteiger partial charge in [-0.05, 0) is 52.2 Å². The molecule has 1 aromatic carbocycles. The third-order valence-corrected chi connectivity index (χ3v) is 2.99. The van der Waals surface area contributed by atoms with E-state index in [1.807, 2.05) is 32.8 Å². The summed E-state index contributed by atoms with van der Waals surface area (Å²) < 4.78 is 12.7. The number of nitrogens with one attached hydrogen (secondary N) is 2. The summed E-state index contributed by atoms with van der Waals surface area (Å²) in [5, 5.41) is 5.43. The summed E-state index contributed by atoms with van der Waals surface area (Å²) >= 11 is 0. The molecule has 4 nitrogen and oxygen atoms in total. The van der Waals surface area contributed by atoms with Gasteiger partial charge in [0.15, 0.2) is 0 Å². The van der Waals surface area contributed by atoms with Crippen molar-refractivity contribution in [3.05, 3.63) is 30.1 Å². The van der Waals surface area contributed by atoms with E-state index in [2.05, 4.69) is 10.6 Å². The van der Waals surface area contributed by atoms with Gasteiger partial charge in [0.05, 0.1) is 0 Å². The van der Waals surface area contributed by atoms with Crippen LogP contribution in [0.4, 0.5) is 14.9 Å². The second-order valence-electron chi connectivity index (χ2n) is 5.02. The van der Waals surface area contributed by atoms with E-state index in [0.29, 0.717) is 12.2 Å². The highest BCUT2D eigenvalue weighted by Crippen LogP contribution is 2.09. The molecule has 0 aromatic heterocycles. The fourth-order valence-corrected chi connectivity index (χ4v) is 1.16. The molecule has 0 aliphatic carbocycles. The smallest absolute Gasteiger partial charge is 0.319 e. The average molecular weight is 253 g/mol. The molecule has 0 saturated heterocycles. The highest BCUT2D eigenvalue weighted by atomic mass is 19.1. The predicted octanol–water partition coefficient (Wildman–Crippen LogP) is 2.29. The Kier molecular flexibility index (Phi) is 4.67. The van der Waals surface area contributed by atoms with Crippen LogP contribution in [0.2, 0.25) is 0 Å². The number of rotatable bonds is 4. The number of amides is 2. The van der Waals surface area contributed by atoms with Gasteiger partial charge in [-0.25, -0.2) is 9.18 Å². The number of carbonyl (C=O) groups excluding carboxylic acids is 1. The third-order valence-electron chi connectivity index (χ3n) is 2.99. The van der Waals surface area contributed by atoms with Crippen LogP contribution in [0.25, 0.3) is 0 Å². The zero-order valence-corrected chi connectivity index (χ0v) is 11.2. The molecule has 1 aromatic rings. The van der Waals surface area contributed by atoms with E-state index >= 15 is 0 Å². The van der Waals surface area contributed by atoms with Crippen molar-refractivity contribution in [3.8, 4) is 0 Å². The summed E-state index contributed by atoms with van der Waals surface area (Å²) in [7, 11) is 3.92. The Morgan fingerprint density at radius 3 is 2.33 bits per heavy atom. The molecule has 5 heteroatoms. The van der Waals surface area contributed by atoms with Gasteiger partial charge in [-0.2, -0.15) is 0 Å². The first-order chi connectivity index (χ1) is 8.31. The molecule has 0 unspecified atom stereocenters. The molecule has 0 heterocycles. The summed E-state index contributed by atoms with van der Waals surface area (Å²) in [6, 6.07) is 5.35. The molecular weight excluding hydrogens is 233 g/mol. The lowest BCUT2D eigenvalue weighted by molar-refractivity contribution is 0.189. The average Bonchev–Trinajstić information content (AvgIpc) is 2.29. The van der Waals surface area contributed by atoms with Crippen molar-refractivity contribution < 1.29 is 9.18 Å². The molecule has 0 aliphatic rings. The highest BCUT2D eigenvalue weighted by molar-refractivity contribution is 5.89. The topological polar surface area (TPSA) is 44.4 Å². The van der Waals surface area contributed by atoms with E-state index in [9.17, 15) is 9.18 Å². The van der Waals surface area contributed by atoms with Crippen LogP contribution in [-0.4, -0.2) is 37.1 Å². The first kappa shape index (κ1) is 14.4. The minimum atomic E-state index is -0.324. The van der Waals surface area contributed by atoms with Crippen molar-refractivity contribution >= 4 is 11.7 Å². The van der Waals surface area contributed by atoms with Gasteiger partial charge < -0.3 is 15.5 Å². The number of anilines is 1. The van der Waals surface area contributed by atoms with Crippen molar-refractivity contribution in [2.24, 2.45) is 0 Å². The molecule has 0 saturated carbocycles. The molecule has 100 valence electrons. The first-order valence-electron chi connectivity index (χ1n) is 5.79. The number of halogens is 1. The first-order valence-corrected chi connectivity index (χ1v) is 5.79. The summed E-state index contributed by atoms with van der Waals surface area (Å²) in [6.07, 6.45) is 0. The molecule has 1 rings (SSSR count). The highest BCUT2D eigenvalue weighted by Gasteiger charge is 2.20. The predicted molar refractivity (Wildman–Crippen MR) is 71.2 cm³/mol. The third kappa shape index (κ3) is 4.33. The monoisotopic (exact) mass is 253 g/mol. The lowest BCUT2D eigenvalue weighted by atomic mass is 10.1. The minimum Gasteiger partial charge on any atom is -0.336 e. The molecule has 18 heavy (non-hydrogen) atoms. The molecule has 2 N–H and O–H groups in total. The quantitative estimate of drug-likeness (QED) is 0.864. The normalized spacial score (nSPS) is 11.4. The summed E-state index contributed by atoms with van der Waals surface area (Å²) in [4.78, 5) is 13.7. The number of hydrogen-bond donors (Lipinski definition) is 2. The van der Waals surface area contributed by atoms with E-state index in [1.165, 1.54) is 24.3 Å². The summed E-state index contributed by atoms with van der Waals surface area (Å²) in [5.41, 5.74) is 0.441. The molecule has 0 spiro atoms. The zero-order chi connectivity index (χ0) is 13.8. The second kappa shape index (κ2) is 5.82. The number of urea groups is 1. The lowest BCUT2D eigenvalue weighted by Crippen LogP contribution is -2.49. The minimum absolute atomic E-state index is 0.125. The maximum atomic E-state index is 12.7. The van der Waals surface area contributed by atoms with Crippen molar-refractivity contribution in [3.63, 3.8) is 0 Å². The van der Waals surface area contributed by atoms with Gasteiger partial charge in [-0.3, -0.25) is 0 Å². The molecule has 0 radical (unpaired) electrons. The Labute approximate surface area is 107 Å². The van der Waals surface area contributed by atoms with Crippen LogP contribution in [0.1, 0.15) is 13.8 Å². The fraction of sp³-hybridized carbons (Fsp3) is 0.462. The van der Waals surface area contributed by atoms with Crippen LogP contribution in [0.5, 0.6) is 0 Å². The SMILES string of the molecule is CN(C)C(C)(C)CNC(=O)Nc1ccc(F)cc1. The van der Waals surface area contributed by atoms with Gasteiger partial charge in [-0.15, -0.1) is 0 Å². The fourth-order valence-electron chi connectivity index (χ4n) is 1.16. The van der Waals surface area contributed by atoms with Crippen molar-refractivity contribution in [2.75, 3.05) is 26.0 Å². The van der Waals surface area contributed by atoms with E-state index in [0.717, 1.165) is 0 Å². The Morgan fingerprint density at radius 1 is 1.28 bits per heavy atom. The number of nitrogens with zero attached hydrogens (tertiary/aromatic N) is 1. The summed E-state index contributed by atoms with van der Waals surface area (Å²) in [6.45, 7) is 4.59. The molecular formula is C13H20FN3O. The van der Waals surface area contributed by atoms with E-state index in [4.69, 9.17) is 0 Å². The molecule has 0 fully saturated rings. The van der Waals surface area contributed by atoms with Crippen molar-refractivity contribution in [1.29, 1.82) is 0 Å². The lowest BCUT2D eigenvalue weighted by Gasteiger charge is -2.32. The number of carbonyl (C=O) groups is 1. The van der Waals surface area contributed by atoms with Crippen molar-refractivity contribution in [2.45, 2.75) is 19.4 Å². The van der Waals surface area contributed by atoms with Crippen molar-refractivity contribution in [1.82, 2.24) is 10.2 Å². The Hall–Kier alpha value is -1.62. The van der Waals surface area contributed by atoms with Crippen LogP contribution in [-0.2, 0) is 0 Å². The standard InChI is InChI=1S/C13H20FN3O/c1-13(2,17(3)4)9-15-12(18)16-11-7-5-10(14)6-8-11/h5-8H,9H2,1-4H3,(H2,15,16,18). The van der Waals surface area contributed by atoms with Crippen LogP contribution in [0, 0.1) is 5.82 Å². The van der Waals surface area contributed by atoms with Gasteiger partial charge in [0.2, 0.25) is 0 Å². The van der Waals surface area contributed by atoms with Gasteiger partial charge in [0, 0.05) is 17.8 Å². The molecule has 0 bridgehead atoms. The van der Waals surface area contributed by atoms with E-state index in [1.54, 1.807) is 0 Å². The zero-order valence-electron chi connectivity index (χ0n) is 11.2.